The van der Waals surface area contributed by atoms with Gasteiger partial charge in [0.05, 0.1) is 12.2 Å². The van der Waals surface area contributed by atoms with Gasteiger partial charge in [-0.05, 0) is 111 Å². The maximum atomic E-state index is 12.0. The number of ether oxygens (including phenoxy) is 1. The van der Waals surface area contributed by atoms with E-state index in [1.165, 1.54) is 38.5 Å². The van der Waals surface area contributed by atoms with Crippen LogP contribution in [0.3, 0.4) is 0 Å². The van der Waals surface area contributed by atoms with Crippen molar-refractivity contribution in [3.05, 3.63) is 0 Å². The van der Waals surface area contributed by atoms with E-state index in [1.807, 2.05) is 14.0 Å². The zero-order valence-corrected chi connectivity index (χ0v) is 20.7. The molecule has 10 unspecified atom stereocenters. The standard InChI is InChI=1S/C27H47NO3/c1-6-28-24(30)10-7-17(2)20-8-9-21-25-22(12-14-27(20,21)4)26(3)13-11-19(31-5)15-18(26)16-23(25)29/h17-23,25,29H,6-16H2,1-5H3,(H,28,30). The minimum absolute atomic E-state index is 0.146. The normalized spacial score (nSPS) is 47.7. The number of hydrogen-bond donors (Lipinski definition) is 2. The first-order chi connectivity index (χ1) is 14.7. The Hall–Kier alpha value is -0.610. The van der Waals surface area contributed by atoms with Crippen LogP contribution in [0, 0.1) is 46.3 Å². The van der Waals surface area contributed by atoms with Crippen molar-refractivity contribution in [1.29, 1.82) is 0 Å². The van der Waals surface area contributed by atoms with Gasteiger partial charge in [-0.3, -0.25) is 4.79 Å². The van der Waals surface area contributed by atoms with E-state index in [0.29, 0.717) is 58.9 Å². The largest absolute Gasteiger partial charge is 0.393 e. The molecule has 4 aliphatic rings. The molecule has 0 aliphatic heterocycles. The van der Waals surface area contributed by atoms with Gasteiger partial charge in [-0.2, -0.15) is 0 Å². The molecule has 0 radical (unpaired) electrons. The quantitative estimate of drug-likeness (QED) is 0.606. The van der Waals surface area contributed by atoms with Crippen molar-refractivity contribution in [2.24, 2.45) is 46.3 Å². The third-order valence-corrected chi connectivity index (χ3v) is 10.9. The van der Waals surface area contributed by atoms with Gasteiger partial charge in [0.1, 0.15) is 0 Å². The van der Waals surface area contributed by atoms with Crippen molar-refractivity contribution < 1.29 is 14.6 Å². The van der Waals surface area contributed by atoms with Crippen molar-refractivity contribution >= 4 is 5.91 Å². The Morgan fingerprint density at radius 2 is 1.81 bits per heavy atom. The zero-order chi connectivity index (χ0) is 22.4. The molecule has 31 heavy (non-hydrogen) atoms. The third-order valence-electron chi connectivity index (χ3n) is 10.9. The lowest BCUT2D eigenvalue weighted by Crippen LogP contribution is -2.58. The van der Waals surface area contributed by atoms with E-state index in [4.69, 9.17) is 4.74 Å². The molecule has 178 valence electrons. The van der Waals surface area contributed by atoms with E-state index in [9.17, 15) is 9.90 Å². The van der Waals surface area contributed by atoms with Crippen molar-refractivity contribution in [3.63, 3.8) is 0 Å². The molecule has 0 spiro atoms. The molecule has 4 heteroatoms. The van der Waals surface area contributed by atoms with Crippen molar-refractivity contribution in [2.75, 3.05) is 13.7 Å². The Balaban J connectivity index is 1.49. The predicted octanol–water partition coefficient (Wildman–Crippen LogP) is 5.18. The number of fused-ring (bicyclic) bond motifs is 5. The molecule has 4 nitrogen and oxygen atoms in total. The molecule has 10 atom stereocenters. The molecule has 1 amide bonds. The van der Waals surface area contributed by atoms with Crippen LogP contribution >= 0.6 is 0 Å². The monoisotopic (exact) mass is 433 g/mol. The molecule has 0 bridgehead atoms. The Morgan fingerprint density at radius 1 is 1.10 bits per heavy atom. The zero-order valence-electron chi connectivity index (χ0n) is 20.7. The summed E-state index contributed by atoms with van der Waals surface area (Å²) in [6.07, 6.45) is 11.6. The highest BCUT2D eigenvalue weighted by Gasteiger charge is 2.62. The van der Waals surface area contributed by atoms with E-state index in [1.54, 1.807) is 0 Å². The topological polar surface area (TPSA) is 58.6 Å². The van der Waals surface area contributed by atoms with Gasteiger partial charge >= 0.3 is 0 Å². The highest BCUT2D eigenvalue weighted by molar-refractivity contribution is 5.75. The maximum Gasteiger partial charge on any atom is 0.219 e. The van der Waals surface area contributed by atoms with Gasteiger partial charge in [0, 0.05) is 20.1 Å². The van der Waals surface area contributed by atoms with Gasteiger partial charge in [0.15, 0.2) is 0 Å². The fourth-order valence-corrected chi connectivity index (χ4v) is 9.22. The fraction of sp³-hybridized carbons (Fsp3) is 0.963. The first-order valence-electron chi connectivity index (χ1n) is 13.2. The van der Waals surface area contributed by atoms with Crippen LogP contribution in [-0.4, -0.2) is 36.9 Å². The second-order valence-corrected chi connectivity index (χ2v) is 12.1. The summed E-state index contributed by atoms with van der Waals surface area (Å²) in [4.78, 5) is 12.0. The Labute approximate surface area is 190 Å². The molecule has 2 N–H and O–H groups in total. The molecule has 0 aromatic carbocycles. The molecule has 0 aromatic heterocycles. The van der Waals surface area contributed by atoms with E-state index < -0.39 is 0 Å². The Kier molecular flexibility index (Phi) is 6.81. The summed E-state index contributed by atoms with van der Waals surface area (Å²) in [5.74, 6) is 3.87. The number of carbonyl (C=O) groups is 1. The second kappa shape index (κ2) is 8.97. The number of methoxy groups -OCH3 is 1. The highest BCUT2D eigenvalue weighted by atomic mass is 16.5. The number of aliphatic hydroxyl groups excluding tert-OH is 1. The van der Waals surface area contributed by atoms with Crippen LogP contribution in [0.4, 0.5) is 0 Å². The summed E-state index contributed by atoms with van der Waals surface area (Å²) >= 11 is 0. The number of nitrogens with one attached hydrogen (secondary N) is 1. The van der Waals surface area contributed by atoms with Crippen LogP contribution < -0.4 is 5.32 Å². The van der Waals surface area contributed by atoms with E-state index in [0.717, 1.165) is 25.8 Å². The first-order valence-corrected chi connectivity index (χ1v) is 13.2. The summed E-state index contributed by atoms with van der Waals surface area (Å²) in [5.41, 5.74) is 0.706. The molecule has 0 aromatic rings. The lowest BCUT2D eigenvalue weighted by molar-refractivity contribution is -0.176. The van der Waals surface area contributed by atoms with Gasteiger partial charge in [0.2, 0.25) is 5.91 Å². The molecule has 4 aliphatic carbocycles. The van der Waals surface area contributed by atoms with Crippen LogP contribution in [0.15, 0.2) is 0 Å². The van der Waals surface area contributed by atoms with Gasteiger partial charge in [0.25, 0.3) is 0 Å². The fourth-order valence-electron chi connectivity index (χ4n) is 9.22. The van der Waals surface area contributed by atoms with Gasteiger partial charge in [-0.1, -0.05) is 20.8 Å². The summed E-state index contributed by atoms with van der Waals surface area (Å²) in [5, 5.41) is 14.4. The Bertz CT molecular complexity index is 652. The molecular formula is C27H47NO3. The SMILES string of the molecule is CCNC(=O)CCC(C)C1CCC2C3C(O)CC4CC(OC)CCC4(C)C3CCC12C. The summed E-state index contributed by atoms with van der Waals surface area (Å²) < 4.78 is 5.73. The smallest absolute Gasteiger partial charge is 0.219 e. The van der Waals surface area contributed by atoms with Crippen molar-refractivity contribution in [1.82, 2.24) is 5.32 Å². The van der Waals surface area contributed by atoms with E-state index >= 15 is 0 Å². The van der Waals surface area contributed by atoms with Gasteiger partial charge in [-0.15, -0.1) is 0 Å². The third kappa shape index (κ3) is 3.98. The van der Waals surface area contributed by atoms with Crippen LogP contribution in [0.1, 0.15) is 91.9 Å². The lowest BCUT2D eigenvalue weighted by Gasteiger charge is -2.62. The Morgan fingerprint density at radius 3 is 2.52 bits per heavy atom. The van der Waals surface area contributed by atoms with Gasteiger partial charge in [-0.25, -0.2) is 0 Å². The maximum absolute atomic E-state index is 12.0. The number of carbonyl (C=O) groups excluding carboxylic acids is 1. The van der Waals surface area contributed by atoms with Crippen molar-refractivity contribution in [3.8, 4) is 0 Å². The minimum atomic E-state index is -0.146. The summed E-state index contributed by atoms with van der Waals surface area (Å²) in [6, 6.07) is 0. The highest BCUT2D eigenvalue weighted by Crippen LogP contribution is 2.68. The van der Waals surface area contributed by atoms with Crippen LogP contribution in [0.5, 0.6) is 0 Å². The van der Waals surface area contributed by atoms with Crippen LogP contribution in [0.2, 0.25) is 0 Å². The first kappa shape index (κ1) is 23.5. The van der Waals surface area contributed by atoms with E-state index in [2.05, 4.69) is 26.1 Å². The summed E-state index contributed by atoms with van der Waals surface area (Å²) in [6.45, 7) is 10.2. The molecular weight excluding hydrogens is 386 g/mol. The number of hydrogen-bond acceptors (Lipinski definition) is 3. The second-order valence-electron chi connectivity index (χ2n) is 12.1. The average Bonchev–Trinajstić information content (AvgIpc) is 3.09. The molecule has 4 fully saturated rings. The van der Waals surface area contributed by atoms with E-state index in [-0.39, 0.29) is 12.0 Å². The minimum Gasteiger partial charge on any atom is -0.393 e. The number of aliphatic hydroxyl groups is 1. The predicted molar refractivity (Wildman–Crippen MR) is 124 cm³/mol. The molecule has 4 rings (SSSR count). The average molecular weight is 434 g/mol. The number of amides is 1. The van der Waals surface area contributed by atoms with Gasteiger partial charge < -0.3 is 15.2 Å². The van der Waals surface area contributed by atoms with Crippen LogP contribution in [-0.2, 0) is 9.53 Å². The number of rotatable bonds is 6. The lowest BCUT2D eigenvalue weighted by atomic mass is 9.43. The molecule has 0 heterocycles. The molecule has 4 saturated carbocycles. The van der Waals surface area contributed by atoms with Crippen molar-refractivity contribution in [2.45, 2.75) is 104 Å². The van der Waals surface area contributed by atoms with Crippen LogP contribution in [0.25, 0.3) is 0 Å². The summed E-state index contributed by atoms with van der Waals surface area (Å²) in [7, 11) is 1.85. The molecule has 0 saturated heterocycles.